The standard InChI is InChI=1S/C11H14BFO2/c1-8-5-4-6-9(10(8)13)12-14-7-11(2,3)15-12/h4-6H,7H2,1-3H3. The van der Waals surface area contributed by atoms with Crippen molar-refractivity contribution in [3.8, 4) is 0 Å². The monoisotopic (exact) mass is 208 g/mol. The summed E-state index contributed by atoms with van der Waals surface area (Å²) in [5, 5.41) is 0. The van der Waals surface area contributed by atoms with Crippen LogP contribution in [0, 0.1) is 12.7 Å². The fraction of sp³-hybridized carbons (Fsp3) is 0.455. The van der Waals surface area contributed by atoms with Gasteiger partial charge in [-0.3, -0.25) is 0 Å². The topological polar surface area (TPSA) is 18.5 Å². The van der Waals surface area contributed by atoms with Crippen molar-refractivity contribution in [2.75, 3.05) is 6.61 Å². The molecule has 0 unspecified atom stereocenters. The molecule has 1 fully saturated rings. The summed E-state index contributed by atoms with van der Waals surface area (Å²) in [6.45, 7) is 6.09. The summed E-state index contributed by atoms with van der Waals surface area (Å²) in [4.78, 5) is 0. The highest BCUT2D eigenvalue weighted by atomic mass is 19.1. The molecule has 2 rings (SSSR count). The fourth-order valence-corrected chi connectivity index (χ4v) is 1.64. The quantitative estimate of drug-likeness (QED) is 0.653. The van der Waals surface area contributed by atoms with E-state index in [0.29, 0.717) is 17.6 Å². The summed E-state index contributed by atoms with van der Waals surface area (Å²) in [5.41, 5.74) is 0.769. The summed E-state index contributed by atoms with van der Waals surface area (Å²) in [7, 11) is -0.570. The van der Waals surface area contributed by atoms with Crippen LogP contribution in [0.1, 0.15) is 19.4 Å². The van der Waals surface area contributed by atoms with Crippen LogP contribution in [0.3, 0.4) is 0 Å². The number of rotatable bonds is 1. The number of hydrogen-bond acceptors (Lipinski definition) is 2. The second-order valence-corrected chi connectivity index (χ2v) is 4.50. The van der Waals surface area contributed by atoms with E-state index in [2.05, 4.69) is 0 Å². The van der Waals surface area contributed by atoms with Gasteiger partial charge >= 0.3 is 7.12 Å². The summed E-state index contributed by atoms with van der Waals surface area (Å²) in [6.07, 6.45) is 0. The van der Waals surface area contributed by atoms with Crippen LogP contribution in [0.15, 0.2) is 18.2 Å². The van der Waals surface area contributed by atoms with E-state index in [1.54, 1.807) is 19.1 Å². The third-order valence-corrected chi connectivity index (χ3v) is 2.48. The van der Waals surface area contributed by atoms with Crippen molar-refractivity contribution in [1.82, 2.24) is 0 Å². The predicted molar refractivity (Wildman–Crippen MR) is 57.6 cm³/mol. The lowest BCUT2D eigenvalue weighted by molar-refractivity contribution is 0.137. The van der Waals surface area contributed by atoms with Crippen LogP contribution in [0.5, 0.6) is 0 Å². The van der Waals surface area contributed by atoms with Crippen molar-refractivity contribution in [1.29, 1.82) is 0 Å². The minimum atomic E-state index is -0.570. The highest BCUT2D eigenvalue weighted by molar-refractivity contribution is 6.62. The maximum atomic E-state index is 13.7. The van der Waals surface area contributed by atoms with Crippen LogP contribution in [-0.2, 0) is 9.31 Å². The molecular weight excluding hydrogens is 194 g/mol. The lowest BCUT2D eigenvalue weighted by Crippen LogP contribution is -2.37. The molecule has 0 aromatic heterocycles. The Balaban J connectivity index is 2.28. The first-order valence-electron chi connectivity index (χ1n) is 5.04. The molecule has 1 aromatic rings. The molecule has 4 heteroatoms. The lowest BCUT2D eigenvalue weighted by atomic mass is 9.78. The van der Waals surface area contributed by atoms with E-state index < -0.39 is 7.12 Å². The van der Waals surface area contributed by atoms with Crippen LogP contribution in [0.4, 0.5) is 4.39 Å². The van der Waals surface area contributed by atoms with Gasteiger partial charge in [0.15, 0.2) is 0 Å². The molecule has 1 aromatic carbocycles. The van der Waals surface area contributed by atoms with E-state index >= 15 is 0 Å². The van der Waals surface area contributed by atoms with Crippen LogP contribution in [0.2, 0.25) is 0 Å². The van der Waals surface area contributed by atoms with E-state index in [0.717, 1.165) is 0 Å². The molecule has 80 valence electrons. The summed E-state index contributed by atoms with van der Waals surface area (Å²) >= 11 is 0. The molecule has 1 saturated heterocycles. The van der Waals surface area contributed by atoms with Gasteiger partial charge in [0, 0.05) is 5.46 Å². The van der Waals surface area contributed by atoms with Crippen molar-refractivity contribution in [2.45, 2.75) is 26.4 Å². The van der Waals surface area contributed by atoms with E-state index in [9.17, 15) is 4.39 Å². The lowest BCUT2D eigenvalue weighted by Gasteiger charge is -2.15. The molecule has 1 aliphatic rings. The zero-order chi connectivity index (χ0) is 11.1. The second kappa shape index (κ2) is 3.61. The van der Waals surface area contributed by atoms with Gasteiger partial charge in [0.2, 0.25) is 0 Å². The maximum Gasteiger partial charge on any atom is 0.497 e. The van der Waals surface area contributed by atoms with Gasteiger partial charge in [-0.15, -0.1) is 0 Å². The Bertz CT molecular complexity index is 379. The smallest absolute Gasteiger partial charge is 0.404 e. The second-order valence-electron chi connectivity index (χ2n) is 4.50. The average molecular weight is 208 g/mol. The maximum absolute atomic E-state index is 13.7. The molecule has 15 heavy (non-hydrogen) atoms. The molecule has 1 aliphatic heterocycles. The van der Waals surface area contributed by atoms with E-state index in [1.807, 2.05) is 19.9 Å². The SMILES string of the molecule is Cc1cccc(B2OCC(C)(C)O2)c1F. The Hall–Kier alpha value is -0.865. The fourth-order valence-electron chi connectivity index (χ4n) is 1.64. The Kier molecular flexibility index (Phi) is 2.56. The van der Waals surface area contributed by atoms with Gasteiger partial charge in [-0.25, -0.2) is 4.39 Å². The Morgan fingerprint density at radius 2 is 2.13 bits per heavy atom. The first kappa shape index (κ1) is 10.6. The molecule has 0 radical (unpaired) electrons. The number of benzene rings is 1. The first-order valence-corrected chi connectivity index (χ1v) is 5.04. The molecule has 0 bridgehead atoms. The van der Waals surface area contributed by atoms with Crippen LogP contribution >= 0.6 is 0 Å². The predicted octanol–water partition coefficient (Wildman–Crippen LogP) is 1.65. The van der Waals surface area contributed by atoms with Crippen molar-refractivity contribution in [3.63, 3.8) is 0 Å². The van der Waals surface area contributed by atoms with Gasteiger partial charge in [-0.1, -0.05) is 18.2 Å². The van der Waals surface area contributed by atoms with E-state index in [-0.39, 0.29) is 11.4 Å². The molecule has 0 amide bonds. The Morgan fingerprint density at radius 3 is 2.73 bits per heavy atom. The van der Waals surface area contributed by atoms with Gasteiger partial charge in [0.05, 0.1) is 12.2 Å². The summed E-state index contributed by atoms with van der Waals surface area (Å²) < 4.78 is 24.8. The molecule has 0 atom stereocenters. The van der Waals surface area contributed by atoms with Gasteiger partial charge in [-0.2, -0.15) is 0 Å². The highest BCUT2D eigenvalue weighted by Gasteiger charge is 2.39. The molecule has 0 N–H and O–H groups in total. The minimum Gasteiger partial charge on any atom is -0.404 e. The third kappa shape index (κ3) is 2.06. The van der Waals surface area contributed by atoms with Gasteiger partial charge < -0.3 is 9.31 Å². The number of halogens is 1. The third-order valence-electron chi connectivity index (χ3n) is 2.48. The zero-order valence-corrected chi connectivity index (χ0v) is 9.21. The number of aryl methyl sites for hydroxylation is 1. The average Bonchev–Trinajstić information content (AvgIpc) is 2.51. The van der Waals surface area contributed by atoms with Crippen molar-refractivity contribution in [3.05, 3.63) is 29.6 Å². The van der Waals surface area contributed by atoms with Gasteiger partial charge in [0.1, 0.15) is 5.82 Å². The van der Waals surface area contributed by atoms with E-state index in [4.69, 9.17) is 9.31 Å². The van der Waals surface area contributed by atoms with Gasteiger partial charge in [-0.05, 0) is 26.3 Å². The Morgan fingerprint density at radius 1 is 1.40 bits per heavy atom. The van der Waals surface area contributed by atoms with E-state index in [1.165, 1.54) is 0 Å². The van der Waals surface area contributed by atoms with Crippen molar-refractivity contribution < 1.29 is 13.7 Å². The molecule has 0 spiro atoms. The summed E-state index contributed by atoms with van der Waals surface area (Å²) in [5.74, 6) is -0.236. The van der Waals surface area contributed by atoms with Crippen LogP contribution in [-0.4, -0.2) is 19.3 Å². The molecule has 0 saturated carbocycles. The molecule has 0 aliphatic carbocycles. The molecule has 2 nitrogen and oxygen atoms in total. The largest absolute Gasteiger partial charge is 0.497 e. The van der Waals surface area contributed by atoms with Crippen molar-refractivity contribution >= 4 is 12.6 Å². The molecule has 1 heterocycles. The Labute approximate surface area is 89.5 Å². The zero-order valence-electron chi connectivity index (χ0n) is 9.21. The van der Waals surface area contributed by atoms with Crippen molar-refractivity contribution in [2.24, 2.45) is 0 Å². The normalized spacial score (nSPS) is 19.6. The summed E-state index contributed by atoms with van der Waals surface area (Å²) in [6, 6.07) is 5.25. The molecular formula is C11H14BFO2. The first-order chi connectivity index (χ1) is 6.99. The van der Waals surface area contributed by atoms with Gasteiger partial charge in [0.25, 0.3) is 0 Å². The van der Waals surface area contributed by atoms with Crippen LogP contribution in [0.25, 0.3) is 0 Å². The van der Waals surface area contributed by atoms with Crippen LogP contribution < -0.4 is 5.46 Å². The highest BCUT2D eigenvalue weighted by Crippen LogP contribution is 2.20. The number of hydrogen-bond donors (Lipinski definition) is 0. The minimum absolute atomic E-state index is 0.236.